The first-order valence-electron chi connectivity index (χ1n) is 11.4. The van der Waals surface area contributed by atoms with Gasteiger partial charge in [0.15, 0.2) is 0 Å². The lowest BCUT2D eigenvalue weighted by Gasteiger charge is -2.38. The van der Waals surface area contributed by atoms with E-state index in [2.05, 4.69) is 28.9 Å². The van der Waals surface area contributed by atoms with Crippen molar-refractivity contribution < 1.29 is 13.9 Å². The number of piperidine rings is 1. The number of pyridine rings is 1. The zero-order chi connectivity index (χ0) is 22.5. The molecule has 2 aromatic rings. The van der Waals surface area contributed by atoms with Gasteiger partial charge in [-0.1, -0.05) is 6.07 Å². The number of carbonyl (C=O) groups is 1. The second kappa shape index (κ2) is 10.4. The number of likely N-dealkylation sites (N-methyl/N-ethyl adjacent to an activating group) is 1. The lowest BCUT2D eigenvalue weighted by molar-refractivity contribution is -0.137. The van der Waals surface area contributed by atoms with Gasteiger partial charge < -0.3 is 14.5 Å². The number of benzene rings is 1. The second-order valence-electron chi connectivity index (χ2n) is 9.31. The van der Waals surface area contributed by atoms with Crippen molar-refractivity contribution in [2.45, 2.75) is 25.4 Å². The van der Waals surface area contributed by atoms with Gasteiger partial charge in [0.2, 0.25) is 5.91 Å². The maximum atomic E-state index is 13.5. The highest BCUT2D eigenvalue weighted by Crippen LogP contribution is 2.28. The molecule has 1 amide bonds. The van der Waals surface area contributed by atoms with E-state index in [-0.39, 0.29) is 23.6 Å². The summed E-state index contributed by atoms with van der Waals surface area (Å²) in [6, 6.07) is 10.7. The van der Waals surface area contributed by atoms with Gasteiger partial charge in [-0.3, -0.25) is 14.7 Å². The molecule has 2 aliphatic rings. The van der Waals surface area contributed by atoms with E-state index in [0.717, 1.165) is 45.6 Å². The quantitative estimate of drug-likeness (QED) is 0.663. The number of likely N-dealkylation sites (tertiary alicyclic amines) is 2. The van der Waals surface area contributed by atoms with E-state index < -0.39 is 0 Å². The Morgan fingerprint density at radius 3 is 2.72 bits per heavy atom. The maximum Gasteiger partial charge on any atom is 0.227 e. The normalized spacial score (nSPS) is 24.1. The minimum Gasteiger partial charge on any atom is -0.493 e. The Hall–Kier alpha value is -2.51. The molecule has 172 valence electrons. The third-order valence-corrected chi connectivity index (χ3v) is 6.60. The van der Waals surface area contributed by atoms with E-state index in [1.807, 2.05) is 17.0 Å². The van der Waals surface area contributed by atoms with Crippen molar-refractivity contribution >= 4 is 5.91 Å². The fourth-order valence-electron chi connectivity index (χ4n) is 4.87. The molecule has 2 fully saturated rings. The summed E-state index contributed by atoms with van der Waals surface area (Å²) in [4.78, 5) is 24.1. The summed E-state index contributed by atoms with van der Waals surface area (Å²) >= 11 is 0. The minimum absolute atomic E-state index is 0.0485. The molecule has 0 spiro atoms. The molecule has 6 nitrogen and oxygen atoms in total. The third-order valence-electron chi connectivity index (χ3n) is 6.60. The Kier molecular flexibility index (Phi) is 7.37. The maximum absolute atomic E-state index is 13.5. The summed E-state index contributed by atoms with van der Waals surface area (Å²) in [5.41, 5.74) is 1.19. The molecule has 2 saturated heterocycles. The van der Waals surface area contributed by atoms with Gasteiger partial charge in [0, 0.05) is 63.1 Å². The highest BCUT2D eigenvalue weighted by Gasteiger charge is 2.37. The van der Waals surface area contributed by atoms with Crippen molar-refractivity contribution in [2.24, 2.45) is 11.8 Å². The predicted molar refractivity (Wildman–Crippen MR) is 122 cm³/mol. The van der Waals surface area contributed by atoms with Gasteiger partial charge in [0.25, 0.3) is 0 Å². The number of aromatic nitrogens is 1. The smallest absolute Gasteiger partial charge is 0.227 e. The molecule has 0 saturated carbocycles. The molecule has 0 N–H and O–H groups in total. The fraction of sp³-hybridized carbons (Fsp3) is 0.520. The van der Waals surface area contributed by atoms with Gasteiger partial charge >= 0.3 is 0 Å². The van der Waals surface area contributed by atoms with Gasteiger partial charge in [0.05, 0.1) is 12.5 Å². The van der Waals surface area contributed by atoms with Crippen LogP contribution in [0.5, 0.6) is 5.75 Å². The Labute approximate surface area is 190 Å². The van der Waals surface area contributed by atoms with Crippen LogP contribution in [0.15, 0.2) is 48.8 Å². The Balaban J connectivity index is 1.43. The SMILES string of the molecule is CN(C)C1CCN(C(=O)[C@@H]2C[C@H](COc3cccc(F)c3)CN(Cc3ccncc3)C2)C1. The zero-order valence-corrected chi connectivity index (χ0v) is 19.0. The van der Waals surface area contributed by atoms with Gasteiger partial charge in [-0.15, -0.1) is 0 Å². The zero-order valence-electron chi connectivity index (χ0n) is 19.0. The number of halogens is 1. The van der Waals surface area contributed by atoms with E-state index >= 15 is 0 Å². The Morgan fingerprint density at radius 2 is 2.00 bits per heavy atom. The first-order chi connectivity index (χ1) is 15.5. The molecule has 1 unspecified atom stereocenters. The molecular weight excluding hydrogens is 407 g/mol. The Morgan fingerprint density at radius 1 is 1.19 bits per heavy atom. The van der Waals surface area contributed by atoms with Crippen LogP contribution in [0, 0.1) is 17.7 Å². The van der Waals surface area contributed by atoms with Crippen LogP contribution in [0.2, 0.25) is 0 Å². The van der Waals surface area contributed by atoms with Crippen molar-refractivity contribution in [3.63, 3.8) is 0 Å². The molecule has 2 aliphatic heterocycles. The summed E-state index contributed by atoms with van der Waals surface area (Å²) in [5, 5.41) is 0. The van der Waals surface area contributed by atoms with Crippen LogP contribution in [-0.4, -0.2) is 78.5 Å². The summed E-state index contributed by atoms with van der Waals surface area (Å²) in [6.45, 7) is 4.48. The van der Waals surface area contributed by atoms with Crippen LogP contribution in [0.3, 0.4) is 0 Å². The number of nitrogens with zero attached hydrogens (tertiary/aromatic N) is 4. The predicted octanol–water partition coefficient (Wildman–Crippen LogP) is 2.90. The van der Waals surface area contributed by atoms with E-state index in [1.54, 1.807) is 24.5 Å². The first kappa shape index (κ1) is 22.7. The van der Waals surface area contributed by atoms with E-state index in [0.29, 0.717) is 18.4 Å². The van der Waals surface area contributed by atoms with Crippen LogP contribution < -0.4 is 4.74 Å². The van der Waals surface area contributed by atoms with E-state index in [4.69, 9.17) is 4.74 Å². The largest absolute Gasteiger partial charge is 0.493 e. The van der Waals surface area contributed by atoms with Gasteiger partial charge in [-0.2, -0.15) is 0 Å². The number of carbonyl (C=O) groups excluding carboxylic acids is 1. The summed E-state index contributed by atoms with van der Waals surface area (Å²) in [6.07, 6.45) is 5.43. The van der Waals surface area contributed by atoms with Crippen LogP contribution in [0.4, 0.5) is 4.39 Å². The lowest BCUT2D eigenvalue weighted by atomic mass is 9.88. The number of rotatable bonds is 7. The van der Waals surface area contributed by atoms with Crippen molar-refractivity contribution in [3.05, 3.63) is 60.2 Å². The monoisotopic (exact) mass is 440 g/mol. The number of amides is 1. The van der Waals surface area contributed by atoms with Gasteiger partial charge in [-0.05, 0) is 56.8 Å². The van der Waals surface area contributed by atoms with Crippen LogP contribution >= 0.6 is 0 Å². The van der Waals surface area contributed by atoms with Crippen molar-refractivity contribution in [3.8, 4) is 5.75 Å². The highest BCUT2D eigenvalue weighted by atomic mass is 19.1. The molecule has 3 heterocycles. The molecule has 1 aromatic carbocycles. The molecule has 3 atom stereocenters. The molecule has 32 heavy (non-hydrogen) atoms. The van der Waals surface area contributed by atoms with Crippen molar-refractivity contribution in [1.82, 2.24) is 19.7 Å². The second-order valence-corrected chi connectivity index (χ2v) is 9.31. The molecule has 4 rings (SSSR count). The molecule has 1 aromatic heterocycles. The van der Waals surface area contributed by atoms with E-state index in [1.165, 1.54) is 17.7 Å². The van der Waals surface area contributed by atoms with E-state index in [9.17, 15) is 9.18 Å². The standard InChI is InChI=1S/C25H33FN4O2/c1-28(2)23-8-11-30(17-23)25(31)21-12-20(18-32-24-5-3-4-22(26)13-24)15-29(16-21)14-19-6-9-27-10-7-19/h3-7,9-10,13,20-21,23H,8,11-12,14-18H2,1-2H3/t20-,21+,23?/m0/s1. The molecular formula is C25H33FN4O2. The minimum atomic E-state index is -0.303. The molecule has 0 aliphatic carbocycles. The lowest BCUT2D eigenvalue weighted by Crippen LogP contribution is -2.48. The number of ether oxygens (including phenoxy) is 1. The number of hydrogen-bond acceptors (Lipinski definition) is 5. The van der Waals surface area contributed by atoms with Crippen LogP contribution in [-0.2, 0) is 11.3 Å². The van der Waals surface area contributed by atoms with Gasteiger partial charge in [-0.25, -0.2) is 4.39 Å². The average Bonchev–Trinajstić information content (AvgIpc) is 3.29. The summed E-state index contributed by atoms with van der Waals surface area (Å²) in [5.74, 6) is 0.641. The first-order valence-corrected chi connectivity index (χ1v) is 11.4. The van der Waals surface area contributed by atoms with Crippen LogP contribution in [0.1, 0.15) is 18.4 Å². The van der Waals surface area contributed by atoms with Crippen LogP contribution in [0.25, 0.3) is 0 Å². The summed E-state index contributed by atoms with van der Waals surface area (Å²) in [7, 11) is 4.16. The molecule has 7 heteroatoms. The third kappa shape index (κ3) is 5.84. The number of hydrogen-bond donors (Lipinski definition) is 0. The molecule has 0 bridgehead atoms. The van der Waals surface area contributed by atoms with Crippen molar-refractivity contribution in [1.29, 1.82) is 0 Å². The average molecular weight is 441 g/mol. The van der Waals surface area contributed by atoms with Crippen molar-refractivity contribution in [2.75, 3.05) is 46.9 Å². The molecule has 0 radical (unpaired) electrons. The summed E-state index contributed by atoms with van der Waals surface area (Å²) < 4.78 is 19.4. The Bertz CT molecular complexity index is 895. The van der Waals surface area contributed by atoms with Gasteiger partial charge in [0.1, 0.15) is 11.6 Å². The fourth-order valence-corrected chi connectivity index (χ4v) is 4.87. The highest BCUT2D eigenvalue weighted by molar-refractivity contribution is 5.79. The topological polar surface area (TPSA) is 48.9 Å².